The van der Waals surface area contributed by atoms with E-state index >= 15 is 0 Å². The van der Waals surface area contributed by atoms with E-state index in [0.29, 0.717) is 44.3 Å². The van der Waals surface area contributed by atoms with Crippen molar-refractivity contribution < 1.29 is 27.4 Å². The van der Waals surface area contributed by atoms with Crippen LogP contribution in [-0.4, -0.2) is 73.9 Å². The monoisotopic (exact) mass is 558 g/mol. The van der Waals surface area contributed by atoms with E-state index in [1.165, 1.54) is 24.9 Å². The number of halogens is 3. The first kappa shape index (κ1) is 27.9. The fourth-order valence-corrected chi connectivity index (χ4v) is 5.14. The molecule has 5 rings (SSSR count). The van der Waals surface area contributed by atoms with E-state index in [-0.39, 0.29) is 5.56 Å². The number of hydrazine groups is 1. The van der Waals surface area contributed by atoms with Crippen LogP contribution in [0, 0.1) is 5.92 Å². The Balaban J connectivity index is 1.19. The fourth-order valence-electron chi connectivity index (χ4n) is 5.14. The molecule has 1 atom stereocenters. The SMILES string of the molecule is COc1cc2c(N3CCN(NC(=O)c4ccc(C(F)(F)F)cc4)CC3)ncnc2cc1OCCCC1CCNC1. The highest BCUT2D eigenvalue weighted by atomic mass is 19.4. The molecule has 214 valence electrons. The third kappa shape index (κ3) is 6.56. The number of nitrogens with one attached hydrogen (secondary N) is 2. The molecule has 40 heavy (non-hydrogen) atoms. The summed E-state index contributed by atoms with van der Waals surface area (Å²) in [6.45, 7) is 4.96. The van der Waals surface area contributed by atoms with Gasteiger partial charge >= 0.3 is 6.18 Å². The van der Waals surface area contributed by atoms with Crippen LogP contribution in [-0.2, 0) is 6.18 Å². The number of hydrogen-bond donors (Lipinski definition) is 2. The third-order valence-corrected chi connectivity index (χ3v) is 7.39. The Morgan fingerprint density at radius 1 is 1.10 bits per heavy atom. The van der Waals surface area contributed by atoms with Crippen LogP contribution in [0.25, 0.3) is 10.9 Å². The number of ether oxygens (including phenoxy) is 2. The maximum absolute atomic E-state index is 12.8. The minimum Gasteiger partial charge on any atom is -0.493 e. The summed E-state index contributed by atoms with van der Waals surface area (Å²) >= 11 is 0. The highest BCUT2D eigenvalue weighted by Gasteiger charge is 2.30. The van der Waals surface area contributed by atoms with Crippen molar-refractivity contribution in [2.75, 3.05) is 57.9 Å². The summed E-state index contributed by atoms with van der Waals surface area (Å²) in [6, 6.07) is 7.97. The highest BCUT2D eigenvalue weighted by molar-refractivity contribution is 5.94. The number of hydrogen-bond acceptors (Lipinski definition) is 8. The van der Waals surface area contributed by atoms with Crippen molar-refractivity contribution in [3.8, 4) is 11.5 Å². The molecule has 2 aromatic carbocycles. The molecule has 0 bridgehead atoms. The second kappa shape index (κ2) is 12.3. The molecule has 12 heteroatoms. The maximum Gasteiger partial charge on any atom is 0.416 e. The Hall–Kier alpha value is -3.64. The summed E-state index contributed by atoms with van der Waals surface area (Å²) in [5, 5.41) is 5.99. The zero-order valence-electron chi connectivity index (χ0n) is 22.3. The number of rotatable bonds is 9. The first-order chi connectivity index (χ1) is 19.3. The van der Waals surface area contributed by atoms with E-state index in [1.807, 2.05) is 12.1 Å². The Morgan fingerprint density at radius 3 is 2.55 bits per heavy atom. The summed E-state index contributed by atoms with van der Waals surface area (Å²) in [5.74, 6) is 2.30. The molecule has 3 aromatic rings. The zero-order valence-corrected chi connectivity index (χ0v) is 22.3. The quantitative estimate of drug-likeness (QED) is 0.383. The van der Waals surface area contributed by atoms with Crippen molar-refractivity contribution in [2.24, 2.45) is 5.92 Å². The van der Waals surface area contributed by atoms with Gasteiger partial charge in [0.25, 0.3) is 5.91 Å². The molecule has 2 fully saturated rings. The van der Waals surface area contributed by atoms with Crippen LogP contribution in [0.3, 0.4) is 0 Å². The van der Waals surface area contributed by atoms with Crippen LogP contribution >= 0.6 is 0 Å². The lowest BCUT2D eigenvalue weighted by atomic mass is 10.0. The third-order valence-electron chi connectivity index (χ3n) is 7.39. The molecule has 1 unspecified atom stereocenters. The molecule has 2 aliphatic heterocycles. The number of piperazine rings is 1. The molecule has 9 nitrogen and oxygen atoms in total. The molecule has 0 radical (unpaired) electrons. The van der Waals surface area contributed by atoms with Crippen LogP contribution in [0.1, 0.15) is 35.2 Å². The predicted octanol–water partition coefficient (Wildman–Crippen LogP) is 3.89. The van der Waals surface area contributed by atoms with E-state index in [0.717, 1.165) is 60.7 Å². The molecule has 2 N–H and O–H groups in total. The van der Waals surface area contributed by atoms with Gasteiger partial charge in [0.05, 0.1) is 24.8 Å². The van der Waals surface area contributed by atoms with Gasteiger partial charge in [-0.1, -0.05) is 0 Å². The number of anilines is 1. The first-order valence-corrected chi connectivity index (χ1v) is 13.5. The van der Waals surface area contributed by atoms with Crippen molar-refractivity contribution >= 4 is 22.6 Å². The second-order valence-electron chi connectivity index (χ2n) is 10.1. The minimum atomic E-state index is -4.44. The average Bonchev–Trinajstić information content (AvgIpc) is 3.48. The highest BCUT2D eigenvalue weighted by Crippen LogP contribution is 2.35. The van der Waals surface area contributed by atoms with Gasteiger partial charge in [0.1, 0.15) is 12.1 Å². The number of amides is 1. The molecule has 3 heterocycles. The number of nitrogens with zero attached hydrogens (tertiary/aromatic N) is 4. The van der Waals surface area contributed by atoms with E-state index in [1.54, 1.807) is 12.1 Å². The number of benzene rings is 2. The van der Waals surface area contributed by atoms with Crippen LogP contribution in [0.5, 0.6) is 11.5 Å². The average molecular weight is 559 g/mol. The summed E-state index contributed by atoms with van der Waals surface area (Å²) in [6.07, 6.45) is 0.411. The lowest BCUT2D eigenvalue weighted by molar-refractivity contribution is -0.137. The number of carbonyl (C=O) groups is 1. The predicted molar refractivity (Wildman–Crippen MR) is 144 cm³/mol. The van der Waals surface area contributed by atoms with Gasteiger partial charge in [-0.3, -0.25) is 10.2 Å². The van der Waals surface area contributed by atoms with Gasteiger partial charge in [-0.15, -0.1) is 0 Å². The summed E-state index contributed by atoms with van der Waals surface area (Å²) in [5.41, 5.74) is 2.91. The lowest BCUT2D eigenvalue weighted by Gasteiger charge is -2.35. The Morgan fingerprint density at radius 2 is 1.88 bits per heavy atom. The summed E-state index contributed by atoms with van der Waals surface area (Å²) in [7, 11) is 1.61. The lowest BCUT2D eigenvalue weighted by Crippen LogP contribution is -2.53. The van der Waals surface area contributed by atoms with Crippen LogP contribution in [0.4, 0.5) is 19.0 Å². The van der Waals surface area contributed by atoms with Gasteiger partial charge in [0.2, 0.25) is 0 Å². The molecule has 0 aliphatic carbocycles. The second-order valence-corrected chi connectivity index (χ2v) is 10.1. The number of aromatic nitrogens is 2. The molecule has 2 aliphatic rings. The molecular formula is C28H33F3N6O3. The molecular weight excluding hydrogens is 525 g/mol. The van der Waals surface area contributed by atoms with Crippen molar-refractivity contribution in [2.45, 2.75) is 25.4 Å². The molecule has 0 spiro atoms. The number of carbonyl (C=O) groups excluding carboxylic acids is 1. The van der Waals surface area contributed by atoms with Crippen LogP contribution in [0.15, 0.2) is 42.7 Å². The van der Waals surface area contributed by atoms with Gasteiger partial charge in [0.15, 0.2) is 11.5 Å². The number of fused-ring (bicyclic) bond motifs is 1. The van der Waals surface area contributed by atoms with Gasteiger partial charge in [-0.25, -0.2) is 15.0 Å². The van der Waals surface area contributed by atoms with E-state index in [4.69, 9.17) is 9.47 Å². The van der Waals surface area contributed by atoms with Crippen LogP contribution in [0.2, 0.25) is 0 Å². The Bertz CT molecular complexity index is 1310. The largest absolute Gasteiger partial charge is 0.493 e. The minimum absolute atomic E-state index is 0.165. The molecule has 0 saturated carbocycles. The van der Waals surface area contributed by atoms with Crippen molar-refractivity contribution in [1.82, 2.24) is 25.7 Å². The molecule has 1 amide bonds. The maximum atomic E-state index is 12.8. The molecule has 1 aromatic heterocycles. The standard InChI is InChI=1S/C28H33F3N6O3/c1-39-24-15-22-23(16-25(24)40-14-2-3-19-8-9-32-17-19)33-18-34-26(22)36-10-12-37(13-11-36)35-27(38)20-4-6-21(7-5-20)28(29,30)31/h4-7,15-16,18-19,32H,2-3,8-14,17H2,1H3,(H,35,38). The van der Waals surface area contributed by atoms with Gasteiger partial charge in [-0.2, -0.15) is 13.2 Å². The summed E-state index contributed by atoms with van der Waals surface area (Å²) in [4.78, 5) is 23.7. The Kier molecular flexibility index (Phi) is 8.55. The van der Waals surface area contributed by atoms with Crippen molar-refractivity contribution in [1.29, 1.82) is 0 Å². The molecule has 2 saturated heterocycles. The van der Waals surface area contributed by atoms with Gasteiger partial charge in [0, 0.05) is 43.2 Å². The van der Waals surface area contributed by atoms with Crippen molar-refractivity contribution in [3.05, 3.63) is 53.9 Å². The number of alkyl halides is 3. The van der Waals surface area contributed by atoms with Crippen LogP contribution < -0.4 is 25.1 Å². The topological polar surface area (TPSA) is 91.9 Å². The van der Waals surface area contributed by atoms with E-state index in [2.05, 4.69) is 25.6 Å². The Labute approximate surface area is 230 Å². The van der Waals surface area contributed by atoms with Gasteiger partial charge in [-0.05, 0) is 68.6 Å². The zero-order chi connectivity index (χ0) is 28.1. The fraction of sp³-hybridized carbons (Fsp3) is 0.464. The van der Waals surface area contributed by atoms with E-state index < -0.39 is 17.6 Å². The smallest absolute Gasteiger partial charge is 0.416 e. The summed E-state index contributed by atoms with van der Waals surface area (Å²) < 4.78 is 50.1. The van der Waals surface area contributed by atoms with Crippen molar-refractivity contribution in [3.63, 3.8) is 0 Å². The normalized spacial score (nSPS) is 18.2. The van der Waals surface area contributed by atoms with Gasteiger partial charge < -0.3 is 19.7 Å². The van der Waals surface area contributed by atoms with E-state index in [9.17, 15) is 18.0 Å². The number of methoxy groups -OCH3 is 1. The first-order valence-electron chi connectivity index (χ1n) is 13.5.